The van der Waals surface area contributed by atoms with E-state index in [2.05, 4.69) is 16.4 Å². The number of rotatable bonds is 7. The van der Waals surface area contributed by atoms with E-state index in [9.17, 15) is 13.2 Å². The predicted octanol–water partition coefficient (Wildman–Crippen LogP) is 1.89. The van der Waals surface area contributed by atoms with Crippen LogP contribution in [0.3, 0.4) is 0 Å². The number of nitrogens with one attached hydrogen (secondary N) is 2. The molecule has 4 rings (SSSR count). The topological polar surface area (TPSA) is 85.5 Å². The lowest BCUT2D eigenvalue weighted by atomic mass is 10.1. The van der Waals surface area contributed by atoms with E-state index in [1.54, 1.807) is 17.5 Å². The quantitative estimate of drug-likeness (QED) is 0.597. The molecule has 1 fully saturated rings. The van der Waals surface area contributed by atoms with Crippen LogP contribution in [-0.2, 0) is 21.2 Å². The fraction of sp³-hybridized carbons (Fsp3) is 0.350. The lowest BCUT2D eigenvalue weighted by molar-refractivity contribution is -0.122. The van der Waals surface area contributed by atoms with Crippen LogP contribution in [-0.4, -0.2) is 67.8 Å². The van der Waals surface area contributed by atoms with Crippen LogP contribution >= 0.6 is 11.3 Å². The number of thiophene rings is 1. The van der Waals surface area contributed by atoms with Crippen molar-refractivity contribution in [1.82, 2.24) is 19.5 Å². The number of para-hydroxylation sites is 1. The lowest BCUT2D eigenvalue weighted by Gasteiger charge is -2.33. The number of hydrogen-bond donors (Lipinski definition) is 2. The molecule has 3 heterocycles. The molecule has 1 aromatic carbocycles. The Labute approximate surface area is 174 Å². The molecular formula is C20H24N4O3S2. The van der Waals surface area contributed by atoms with E-state index in [0.717, 1.165) is 11.9 Å². The Morgan fingerprint density at radius 2 is 1.90 bits per heavy atom. The first-order valence-electron chi connectivity index (χ1n) is 9.62. The first-order chi connectivity index (χ1) is 14.0. The number of amides is 1. The molecule has 2 N–H and O–H groups in total. The molecule has 0 bridgehead atoms. The number of benzene rings is 1. The Morgan fingerprint density at radius 1 is 1.10 bits per heavy atom. The summed E-state index contributed by atoms with van der Waals surface area (Å²) in [6.07, 6.45) is 2.76. The number of carbonyl (C=O) groups is 1. The van der Waals surface area contributed by atoms with E-state index in [1.807, 2.05) is 29.3 Å². The summed E-state index contributed by atoms with van der Waals surface area (Å²) in [5.74, 6) is -0.0283. The SMILES string of the molecule is O=C(CN1CCN(S(=O)(=O)c2cccs2)CC1)NCCc1c[nH]c2ccccc12. The molecule has 29 heavy (non-hydrogen) atoms. The molecule has 0 saturated carbocycles. The fourth-order valence-electron chi connectivity index (χ4n) is 3.60. The van der Waals surface area contributed by atoms with Crippen molar-refractivity contribution in [2.24, 2.45) is 0 Å². The standard InChI is InChI=1S/C20H24N4O3S2/c25-19(21-8-7-16-14-22-18-5-2-1-4-17(16)18)15-23-9-11-24(12-10-23)29(26,27)20-6-3-13-28-20/h1-6,13-14,22H,7-12,15H2,(H,21,25). The van der Waals surface area contributed by atoms with E-state index in [1.165, 1.54) is 26.6 Å². The molecule has 1 saturated heterocycles. The van der Waals surface area contributed by atoms with Gasteiger partial charge in [0.25, 0.3) is 10.0 Å². The molecule has 0 aliphatic carbocycles. The van der Waals surface area contributed by atoms with Gasteiger partial charge in [0.05, 0.1) is 6.54 Å². The molecule has 1 aliphatic rings. The van der Waals surface area contributed by atoms with E-state index < -0.39 is 10.0 Å². The van der Waals surface area contributed by atoms with Crippen molar-refractivity contribution in [2.75, 3.05) is 39.3 Å². The maximum atomic E-state index is 12.6. The van der Waals surface area contributed by atoms with Crippen LogP contribution in [0.4, 0.5) is 0 Å². The molecule has 2 aromatic heterocycles. The monoisotopic (exact) mass is 432 g/mol. The highest BCUT2D eigenvalue weighted by Gasteiger charge is 2.29. The largest absolute Gasteiger partial charge is 0.361 e. The predicted molar refractivity (Wildman–Crippen MR) is 115 cm³/mol. The Balaban J connectivity index is 1.22. The van der Waals surface area contributed by atoms with Gasteiger partial charge in [-0.3, -0.25) is 9.69 Å². The zero-order valence-electron chi connectivity index (χ0n) is 16.0. The van der Waals surface area contributed by atoms with Crippen LogP contribution in [0.2, 0.25) is 0 Å². The number of nitrogens with zero attached hydrogens (tertiary/aromatic N) is 2. The van der Waals surface area contributed by atoms with Crippen LogP contribution in [0.1, 0.15) is 5.56 Å². The number of aromatic nitrogens is 1. The van der Waals surface area contributed by atoms with Gasteiger partial charge in [0.15, 0.2) is 0 Å². The Hall–Kier alpha value is -2.20. The first kappa shape index (κ1) is 20.1. The normalized spacial score (nSPS) is 16.3. The molecule has 0 radical (unpaired) electrons. The summed E-state index contributed by atoms with van der Waals surface area (Å²) in [5.41, 5.74) is 2.29. The summed E-state index contributed by atoms with van der Waals surface area (Å²) < 4.78 is 27.0. The number of piperazine rings is 1. The molecular weight excluding hydrogens is 408 g/mol. The van der Waals surface area contributed by atoms with Gasteiger partial charge in [0.1, 0.15) is 4.21 Å². The van der Waals surface area contributed by atoms with Crippen LogP contribution in [0.5, 0.6) is 0 Å². The first-order valence-corrected chi connectivity index (χ1v) is 11.9. The lowest BCUT2D eigenvalue weighted by Crippen LogP contribution is -2.51. The van der Waals surface area contributed by atoms with Gasteiger partial charge in [-0.2, -0.15) is 4.31 Å². The molecule has 0 unspecified atom stereocenters. The summed E-state index contributed by atoms with van der Waals surface area (Å²) in [6.45, 7) is 2.79. The molecule has 1 aliphatic heterocycles. The molecule has 7 nitrogen and oxygen atoms in total. The second kappa shape index (κ2) is 8.66. The third-order valence-electron chi connectivity index (χ3n) is 5.18. The number of carbonyl (C=O) groups excluding carboxylic acids is 1. The van der Waals surface area contributed by atoms with Crippen LogP contribution in [0.15, 0.2) is 52.2 Å². The van der Waals surface area contributed by atoms with E-state index >= 15 is 0 Å². The molecule has 1 amide bonds. The highest BCUT2D eigenvalue weighted by atomic mass is 32.2. The van der Waals surface area contributed by atoms with Gasteiger partial charge in [0, 0.05) is 49.8 Å². The van der Waals surface area contributed by atoms with Gasteiger partial charge in [0.2, 0.25) is 5.91 Å². The Bertz CT molecular complexity index is 1070. The number of aromatic amines is 1. The zero-order valence-corrected chi connectivity index (χ0v) is 17.6. The maximum Gasteiger partial charge on any atom is 0.252 e. The van der Waals surface area contributed by atoms with Gasteiger partial charge in [-0.1, -0.05) is 24.3 Å². The van der Waals surface area contributed by atoms with Gasteiger partial charge < -0.3 is 10.3 Å². The summed E-state index contributed by atoms with van der Waals surface area (Å²) in [4.78, 5) is 17.5. The smallest absolute Gasteiger partial charge is 0.252 e. The van der Waals surface area contributed by atoms with Gasteiger partial charge in [-0.25, -0.2) is 8.42 Å². The fourth-order valence-corrected chi connectivity index (χ4v) is 6.17. The Kier molecular flexibility index (Phi) is 6.00. The second-order valence-electron chi connectivity index (χ2n) is 7.07. The zero-order chi connectivity index (χ0) is 20.3. The molecule has 9 heteroatoms. The van der Waals surface area contributed by atoms with Crippen molar-refractivity contribution in [1.29, 1.82) is 0 Å². The third-order valence-corrected chi connectivity index (χ3v) is 8.45. The summed E-state index contributed by atoms with van der Waals surface area (Å²) in [7, 11) is -3.41. The number of H-pyrrole nitrogens is 1. The van der Waals surface area contributed by atoms with E-state index in [4.69, 9.17) is 0 Å². The molecule has 3 aromatic rings. The van der Waals surface area contributed by atoms with Gasteiger partial charge >= 0.3 is 0 Å². The summed E-state index contributed by atoms with van der Waals surface area (Å²) >= 11 is 1.23. The van der Waals surface area contributed by atoms with Crippen LogP contribution in [0, 0.1) is 0 Å². The molecule has 0 atom stereocenters. The highest BCUT2D eigenvalue weighted by molar-refractivity contribution is 7.91. The van der Waals surface area contributed by atoms with Crippen molar-refractivity contribution in [3.8, 4) is 0 Å². The van der Waals surface area contributed by atoms with Crippen LogP contribution in [0.25, 0.3) is 10.9 Å². The molecule has 154 valence electrons. The minimum Gasteiger partial charge on any atom is -0.361 e. The average Bonchev–Trinajstić information content (AvgIpc) is 3.39. The third kappa shape index (κ3) is 4.53. The van der Waals surface area contributed by atoms with E-state index in [0.29, 0.717) is 43.5 Å². The van der Waals surface area contributed by atoms with Gasteiger partial charge in [-0.15, -0.1) is 11.3 Å². The minimum atomic E-state index is -3.41. The summed E-state index contributed by atoms with van der Waals surface area (Å²) in [6, 6.07) is 11.5. The van der Waals surface area contributed by atoms with Crippen molar-refractivity contribution in [3.63, 3.8) is 0 Å². The number of sulfonamides is 1. The Morgan fingerprint density at radius 3 is 2.66 bits per heavy atom. The van der Waals surface area contributed by atoms with Gasteiger partial charge in [-0.05, 0) is 29.5 Å². The van der Waals surface area contributed by atoms with Crippen LogP contribution < -0.4 is 5.32 Å². The summed E-state index contributed by atoms with van der Waals surface area (Å²) in [5, 5.41) is 5.92. The van der Waals surface area contributed by atoms with Crippen molar-refractivity contribution >= 4 is 38.2 Å². The highest BCUT2D eigenvalue weighted by Crippen LogP contribution is 2.22. The number of fused-ring (bicyclic) bond motifs is 1. The van der Waals surface area contributed by atoms with Crippen molar-refractivity contribution < 1.29 is 13.2 Å². The van der Waals surface area contributed by atoms with Crippen molar-refractivity contribution in [2.45, 2.75) is 10.6 Å². The van der Waals surface area contributed by atoms with Crippen molar-refractivity contribution in [3.05, 3.63) is 53.5 Å². The maximum absolute atomic E-state index is 12.6. The minimum absolute atomic E-state index is 0.0283. The second-order valence-corrected chi connectivity index (χ2v) is 10.2. The molecule has 0 spiro atoms. The number of hydrogen-bond acceptors (Lipinski definition) is 5. The van der Waals surface area contributed by atoms with E-state index in [-0.39, 0.29) is 5.91 Å². The average molecular weight is 433 g/mol.